The largest absolute Gasteiger partial charge is 0.444 e. The normalized spacial score (nSPS) is 20.4. The van der Waals surface area contributed by atoms with Gasteiger partial charge in [-0.25, -0.2) is 4.79 Å². The molecule has 152 valence electrons. The molecule has 0 aliphatic heterocycles. The minimum absolute atomic E-state index is 0.305. The quantitative estimate of drug-likeness (QED) is 0.607. The monoisotopic (exact) mass is 374 g/mol. The number of rotatable bonds is 7. The molecule has 0 saturated heterocycles. The molecule has 4 nitrogen and oxygen atoms in total. The first-order valence-corrected chi connectivity index (χ1v) is 10.6. The van der Waals surface area contributed by atoms with Crippen molar-refractivity contribution < 1.29 is 9.53 Å². The van der Waals surface area contributed by atoms with Crippen molar-refractivity contribution in [2.24, 2.45) is 5.92 Å². The van der Waals surface area contributed by atoms with Crippen LogP contribution in [0, 0.1) is 5.92 Å². The lowest BCUT2D eigenvalue weighted by Gasteiger charge is -2.30. The number of carbonyl (C=O) groups is 1. The summed E-state index contributed by atoms with van der Waals surface area (Å²) in [4.78, 5) is 11.8. The Morgan fingerprint density at radius 2 is 1.67 bits per heavy atom. The van der Waals surface area contributed by atoms with Gasteiger partial charge in [0.2, 0.25) is 0 Å². The van der Waals surface area contributed by atoms with E-state index in [1.165, 1.54) is 24.1 Å². The number of carbonyl (C=O) groups excluding carboxylic acids is 1. The first-order valence-electron chi connectivity index (χ1n) is 10.6. The summed E-state index contributed by atoms with van der Waals surface area (Å²) in [6.07, 6.45) is 6.66. The number of anilines is 1. The van der Waals surface area contributed by atoms with Crippen molar-refractivity contribution in [2.75, 3.05) is 11.9 Å². The van der Waals surface area contributed by atoms with E-state index in [9.17, 15) is 4.79 Å². The Balaban J connectivity index is 1.72. The third kappa shape index (κ3) is 7.43. The summed E-state index contributed by atoms with van der Waals surface area (Å²) in [5.41, 5.74) is 2.23. The van der Waals surface area contributed by atoms with Crippen molar-refractivity contribution in [1.29, 1.82) is 0 Å². The third-order valence-electron chi connectivity index (χ3n) is 5.52. The van der Waals surface area contributed by atoms with Gasteiger partial charge in [0.05, 0.1) is 0 Å². The van der Waals surface area contributed by atoms with Crippen LogP contribution in [0.1, 0.15) is 84.6 Å². The highest BCUT2D eigenvalue weighted by Crippen LogP contribution is 2.28. The van der Waals surface area contributed by atoms with Crippen LogP contribution in [0.4, 0.5) is 10.5 Å². The van der Waals surface area contributed by atoms with Gasteiger partial charge in [-0.1, -0.05) is 26.0 Å². The lowest BCUT2D eigenvalue weighted by molar-refractivity contribution is 0.0515. The van der Waals surface area contributed by atoms with E-state index in [2.05, 4.69) is 48.7 Å². The van der Waals surface area contributed by atoms with Crippen molar-refractivity contribution in [3.8, 4) is 0 Å². The van der Waals surface area contributed by atoms with E-state index in [0.717, 1.165) is 25.7 Å². The summed E-state index contributed by atoms with van der Waals surface area (Å²) in [6.45, 7) is 10.9. The molecule has 0 aromatic heterocycles. The highest BCUT2D eigenvalue weighted by molar-refractivity contribution is 5.67. The predicted octanol–water partition coefficient (Wildman–Crippen LogP) is 6.09. The number of benzene rings is 1. The van der Waals surface area contributed by atoms with E-state index in [0.29, 0.717) is 24.4 Å². The van der Waals surface area contributed by atoms with Gasteiger partial charge >= 0.3 is 6.09 Å². The van der Waals surface area contributed by atoms with E-state index in [-0.39, 0.29) is 6.09 Å². The summed E-state index contributed by atoms with van der Waals surface area (Å²) in [6, 6.07) is 9.53. The Kier molecular flexibility index (Phi) is 8.00. The molecular weight excluding hydrogens is 336 g/mol. The van der Waals surface area contributed by atoms with E-state index in [4.69, 9.17) is 4.74 Å². The molecule has 0 heterocycles. The average molecular weight is 375 g/mol. The standard InChI is InChI=1S/C23H38N2O2/c1-6-18(7-2)19-10-14-21(15-11-19)25-20-12-8-17(9-13-20)16-24-22(26)27-23(3,4)5/h10-11,14-15,17-18,20,25H,6-9,12-13,16H2,1-5H3,(H,24,26). The summed E-state index contributed by atoms with van der Waals surface area (Å²) < 4.78 is 5.31. The van der Waals surface area contributed by atoms with Crippen LogP contribution in [-0.4, -0.2) is 24.3 Å². The van der Waals surface area contributed by atoms with Gasteiger partial charge in [0.15, 0.2) is 0 Å². The zero-order chi connectivity index (χ0) is 19.9. The van der Waals surface area contributed by atoms with Crippen LogP contribution in [0.2, 0.25) is 0 Å². The molecule has 2 rings (SSSR count). The molecule has 1 aliphatic carbocycles. The van der Waals surface area contributed by atoms with Crippen molar-refractivity contribution in [1.82, 2.24) is 5.32 Å². The first kappa shape index (κ1) is 21.6. The molecule has 0 atom stereocenters. The molecule has 1 amide bonds. The minimum atomic E-state index is -0.435. The van der Waals surface area contributed by atoms with Gasteiger partial charge in [-0.2, -0.15) is 0 Å². The van der Waals surface area contributed by atoms with Gasteiger partial charge in [-0.05, 0) is 88.8 Å². The fraction of sp³-hybridized carbons (Fsp3) is 0.696. The van der Waals surface area contributed by atoms with Gasteiger partial charge in [0, 0.05) is 18.3 Å². The highest BCUT2D eigenvalue weighted by Gasteiger charge is 2.23. The molecule has 4 heteroatoms. The molecule has 1 aliphatic rings. The molecule has 1 aromatic rings. The number of ether oxygens (including phenoxy) is 1. The molecule has 1 aromatic carbocycles. The van der Waals surface area contributed by atoms with Crippen LogP contribution < -0.4 is 10.6 Å². The predicted molar refractivity (Wildman–Crippen MR) is 113 cm³/mol. The minimum Gasteiger partial charge on any atom is -0.444 e. The van der Waals surface area contributed by atoms with E-state index in [1.807, 2.05) is 20.8 Å². The van der Waals surface area contributed by atoms with Gasteiger partial charge in [0.25, 0.3) is 0 Å². The number of hydrogen-bond donors (Lipinski definition) is 2. The Bertz CT molecular complexity index is 565. The number of alkyl carbamates (subject to hydrolysis) is 1. The number of hydrogen-bond acceptors (Lipinski definition) is 3. The van der Waals surface area contributed by atoms with Crippen LogP contribution in [0.3, 0.4) is 0 Å². The summed E-state index contributed by atoms with van der Waals surface area (Å²) >= 11 is 0. The lowest BCUT2D eigenvalue weighted by atomic mass is 9.86. The van der Waals surface area contributed by atoms with Crippen molar-refractivity contribution in [2.45, 2.75) is 90.7 Å². The van der Waals surface area contributed by atoms with Crippen LogP contribution in [0.5, 0.6) is 0 Å². The van der Waals surface area contributed by atoms with Gasteiger partial charge in [-0.15, -0.1) is 0 Å². The fourth-order valence-electron chi connectivity index (χ4n) is 3.90. The van der Waals surface area contributed by atoms with E-state index < -0.39 is 5.60 Å². The molecule has 1 fully saturated rings. The van der Waals surface area contributed by atoms with Crippen LogP contribution in [-0.2, 0) is 4.74 Å². The Hall–Kier alpha value is -1.71. The molecule has 0 unspecified atom stereocenters. The SMILES string of the molecule is CCC(CC)c1ccc(NC2CCC(CNC(=O)OC(C)(C)C)CC2)cc1. The smallest absolute Gasteiger partial charge is 0.407 e. The maximum atomic E-state index is 11.8. The fourth-order valence-corrected chi connectivity index (χ4v) is 3.90. The average Bonchev–Trinajstić information content (AvgIpc) is 2.62. The summed E-state index contributed by atoms with van der Waals surface area (Å²) in [5, 5.41) is 6.61. The molecule has 2 N–H and O–H groups in total. The molecule has 0 radical (unpaired) electrons. The van der Waals surface area contributed by atoms with Crippen molar-refractivity contribution in [3.05, 3.63) is 29.8 Å². The Morgan fingerprint density at radius 3 is 2.19 bits per heavy atom. The summed E-state index contributed by atoms with van der Waals surface area (Å²) in [5.74, 6) is 1.22. The zero-order valence-corrected chi connectivity index (χ0v) is 17.8. The first-order chi connectivity index (χ1) is 12.8. The second-order valence-corrected chi connectivity index (χ2v) is 8.88. The Morgan fingerprint density at radius 1 is 1.07 bits per heavy atom. The molecule has 27 heavy (non-hydrogen) atoms. The zero-order valence-electron chi connectivity index (χ0n) is 17.8. The molecule has 1 saturated carbocycles. The van der Waals surface area contributed by atoms with Crippen LogP contribution >= 0.6 is 0 Å². The van der Waals surface area contributed by atoms with Gasteiger partial charge in [-0.3, -0.25) is 0 Å². The topological polar surface area (TPSA) is 50.4 Å². The Labute approximate surface area is 165 Å². The molecule has 0 bridgehead atoms. The molecular formula is C23H38N2O2. The van der Waals surface area contributed by atoms with E-state index >= 15 is 0 Å². The summed E-state index contributed by atoms with van der Waals surface area (Å²) in [7, 11) is 0. The maximum absolute atomic E-state index is 11.8. The number of amides is 1. The van der Waals surface area contributed by atoms with Crippen LogP contribution in [0.25, 0.3) is 0 Å². The van der Waals surface area contributed by atoms with Gasteiger partial charge in [0.1, 0.15) is 5.60 Å². The second-order valence-electron chi connectivity index (χ2n) is 8.88. The van der Waals surface area contributed by atoms with Crippen molar-refractivity contribution in [3.63, 3.8) is 0 Å². The number of nitrogens with one attached hydrogen (secondary N) is 2. The van der Waals surface area contributed by atoms with Gasteiger partial charge < -0.3 is 15.4 Å². The third-order valence-corrected chi connectivity index (χ3v) is 5.52. The lowest BCUT2D eigenvalue weighted by Crippen LogP contribution is -2.37. The van der Waals surface area contributed by atoms with E-state index in [1.54, 1.807) is 0 Å². The maximum Gasteiger partial charge on any atom is 0.407 e. The van der Waals surface area contributed by atoms with Crippen LogP contribution in [0.15, 0.2) is 24.3 Å². The highest BCUT2D eigenvalue weighted by atomic mass is 16.6. The van der Waals surface area contributed by atoms with Crippen molar-refractivity contribution >= 4 is 11.8 Å². The second kappa shape index (κ2) is 10.0. The molecule has 0 spiro atoms.